The Labute approximate surface area is 127 Å². The number of hydrogen-bond donors (Lipinski definition) is 1. The van der Waals surface area contributed by atoms with Gasteiger partial charge in [-0.2, -0.15) is 0 Å². The first-order valence-corrected chi connectivity index (χ1v) is 8.07. The smallest absolute Gasteiger partial charge is 0.0746 e. The molecule has 0 saturated carbocycles. The summed E-state index contributed by atoms with van der Waals surface area (Å²) in [6.45, 7) is 8.91. The van der Waals surface area contributed by atoms with Crippen LogP contribution in [0.2, 0.25) is 0 Å². The van der Waals surface area contributed by atoms with Crippen LogP contribution in [0.25, 0.3) is 10.9 Å². The van der Waals surface area contributed by atoms with E-state index in [2.05, 4.69) is 53.3 Å². The minimum absolute atomic E-state index is 0.287. The van der Waals surface area contributed by atoms with Crippen LogP contribution in [0.1, 0.15) is 32.3 Å². The number of aromatic nitrogens is 1. The summed E-state index contributed by atoms with van der Waals surface area (Å²) in [7, 11) is 0. The Bertz CT molecular complexity index is 599. The van der Waals surface area contributed by atoms with Gasteiger partial charge in [-0.15, -0.1) is 0 Å². The summed E-state index contributed by atoms with van der Waals surface area (Å²) in [6, 6.07) is 10.7. The SMILES string of the molecule is CCC1(CC)CNCCN1Cc1cccc2cccnc12. The molecule has 0 amide bonds. The molecule has 1 aliphatic rings. The standard InChI is InChI=1S/C18H25N3/c1-3-18(4-2)14-19-11-12-21(18)13-16-8-5-7-15-9-6-10-20-17(15)16/h5-10,19H,3-4,11-14H2,1-2H3. The van der Waals surface area contributed by atoms with Crippen LogP contribution in [0, 0.1) is 0 Å². The number of piperazine rings is 1. The highest BCUT2D eigenvalue weighted by Gasteiger charge is 2.35. The predicted molar refractivity (Wildman–Crippen MR) is 88.3 cm³/mol. The fraction of sp³-hybridized carbons (Fsp3) is 0.500. The zero-order chi connectivity index (χ0) is 14.7. The highest BCUT2D eigenvalue weighted by atomic mass is 15.3. The Morgan fingerprint density at radius 3 is 2.81 bits per heavy atom. The van der Waals surface area contributed by atoms with E-state index in [1.165, 1.54) is 23.8 Å². The third-order valence-corrected chi connectivity index (χ3v) is 5.08. The van der Waals surface area contributed by atoms with Crippen LogP contribution in [0.3, 0.4) is 0 Å². The molecule has 1 aliphatic heterocycles. The van der Waals surface area contributed by atoms with Gasteiger partial charge in [0.2, 0.25) is 0 Å². The van der Waals surface area contributed by atoms with Crippen molar-refractivity contribution in [1.29, 1.82) is 0 Å². The van der Waals surface area contributed by atoms with Gasteiger partial charge in [-0.1, -0.05) is 38.1 Å². The summed E-state index contributed by atoms with van der Waals surface area (Å²) in [5.41, 5.74) is 2.79. The van der Waals surface area contributed by atoms with Crippen molar-refractivity contribution in [3.05, 3.63) is 42.1 Å². The molecular formula is C18H25N3. The van der Waals surface area contributed by atoms with E-state index in [1.807, 2.05) is 12.3 Å². The van der Waals surface area contributed by atoms with Gasteiger partial charge in [-0.25, -0.2) is 0 Å². The van der Waals surface area contributed by atoms with Crippen molar-refractivity contribution in [1.82, 2.24) is 15.2 Å². The molecule has 2 aromatic rings. The molecule has 1 saturated heterocycles. The molecule has 0 atom stereocenters. The molecule has 2 heterocycles. The van der Waals surface area contributed by atoms with Gasteiger partial charge < -0.3 is 5.32 Å². The fourth-order valence-corrected chi connectivity index (χ4v) is 3.58. The molecule has 3 rings (SSSR count). The number of hydrogen-bond acceptors (Lipinski definition) is 3. The lowest BCUT2D eigenvalue weighted by Gasteiger charge is -2.47. The van der Waals surface area contributed by atoms with E-state index < -0.39 is 0 Å². The third-order valence-electron chi connectivity index (χ3n) is 5.08. The average Bonchev–Trinajstić information content (AvgIpc) is 2.56. The van der Waals surface area contributed by atoms with E-state index in [-0.39, 0.29) is 5.54 Å². The Hall–Kier alpha value is -1.45. The largest absolute Gasteiger partial charge is 0.314 e. The molecular weight excluding hydrogens is 258 g/mol. The van der Waals surface area contributed by atoms with Crippen LogP contribution in [-0.2, 0) is 6.54 Å². The number of fused-ring (bicyclic) bond motifs is 1. The van der Waals surface area contributed by atoms with Crippen molar-refractivity contribution in [3.8, 4) is 0 Å². The molecule has 0 spiro atoms. The number of benzene rings is 1. The van der Waals surface area contributed by atoms with Crippen LogP contribution in [0.4, 0.5) is 0 Å². The predicted octanol–water partition coefficient (Wildman–Crippen LogP) is 3.20. The molecule has 1 N–H and O–H groups in total. The molecule has 112 valence electrons. The van der Waals surface area contributed by atoms with Gasteiger partial charge in [0, 0.05) is 43.3 Å². The minimum atomic E-state index is 0.287. The summed E-state index contributed by atoms with van der Waals surface area (Å²) in [6.07, 6.45) is 4.28. The van der Waals surface area contributed by atoms with E-state index in [0.717, 1.165) is 31.7 Å². The molecule has 1 aromatic heterocycles. The monoisotopic (exact) mass is 283 g/mol. The van der Waals surface area contributed by atoms with E-state index >= 15 is 0 Å². The van der Waals surface area contributed by atoms with Crippen LogP contribution >= 0.6 is 0 Å². The van der Waals surface area contributed by atoms with E-state index in [1.54, 1.807) is 0 Å². The quantitative estimate of drug-likeness (QED) is 0.934. The Morgan fingerprint density at radius 2 is 2.00 bits per heavy atom. The second-order valence-corrected chi connectivity index (χ2v) is 6.02. The highest BCUT2D eigenvalue weighted by molar-refractivity contribution is 5.81. The number of nitrogens with zero attached hydrogens (tertiary/aromatic N) is 2. The van der Waals surface area contributed by atoms with Gasteiger partial charge >= 0.3 is 0 Å². The summed E-state index contributed by atoms with van der Waals surface area (Å²) in [5, 5.41) is 4.81. The van der Waals surface area contributed by atoms with Crippen LogP contribution in [0.5, 0.6) is 0 Å². The van der Waals surface area contributed by atoms with Crippen molar-refractivity contribution in [2.24, 2.45) is 0 Å². The summed E-state index contributed by atoms with van der Waals surface area (Å²) in [5.74, 6) is 0. The Morgan fingerprint density at radius 1 is 1.19 bits per heavy atom. The minimum Gasteiger partial charge on any atom is -0.314 e. The van der Waals surface area contributed by atoms with Crippen molar-refractivity contribution < 1.29 is 0 Å². The zero-order valence-electron chi connectivity index (χ0n) is 13.1. The van der Waals surface area contributed by atoms with Gasteiger partial charge in [0.05, 0.1) is 5.52 Å². The number of nitrogens with one attached hydrogen (secondary N) is 1. The molecule has 0 aliphatic carbocycles. The maximum Gasteiger partial charge on any atom is 0.0746 e. The number of rotatable bonds is 4. The summed E-state index contributed by atoms with van der Waals surface area (Å²) in [4.78, 5) is 7.26. The van der Waals surface area contributed by atoms with Gasteiger partial charge in [-0.05, 0) is 24.5 Å². The third kappa shape index (κ3) is 2.68. The topological polar surface area (TPSA) is 28.2 Å². The van der Waals surface area contributed by atoms with Crippen LogP contribution in [0.15, 0.2) is 36.5 Å². The van der Waals surface area contributed by atoms with Crippen LogP contribution < -0.4 is 5.32 Å². The fourth-order valence-electron chi connectivity index (χ4n) is 3.58. The first-order chi connectivity index (χ1) is 10.3. The molecule has 21 heavy (non-hydrogen) atoms. The molecule has 0 radical (unpaired) electrons. The normalized spacial score (nSPS) is 19.0. The van der Waals surface area contributed by atoms with E-state index in [9.17, 15) is 0 Å². The molecule has 0 unspecified atom stereocenters. The van der Waals surface area contributed by atoms with Crippen molar-refractivity contribution in [2.45, 2.75) is 38.8 Å². The Kier molecular flexibility index (Phi) is 4.22. The first kappa shape index (κ1) is 14.5. The summed E-state index contributed by atoms with van der Waals surface area (Å²) >= 11 is 0. The van der Waals surface area contributed by atoms with Gasteiger partial charge in [-0.3, -0.25) is 9.88 Å². The lowest BCUT2D eigenvalue weighted by atomic mass is 9.88. The van der Waals surface area contributed by atoms with Crippen LogP contribution in [-0.4, -0.2) is 35.1 Å². The second kappa shape index (κ2) is 6.12. The van der Waals surface area contributed by atoms with Gasteiger partial charge in [0.1, 0.15) is 0 Å². The maximum absolute atomic E-state index is 4.60. The second-order valence-electron chi connectivity index (χ2n) is 6.02. The molecule has 1 aromatic carbocycles. The van der Waals surface area contributed by atoms with Gasteiger partial charge in [0.25, 0.3) is 0 Å². The number of para-hydroxylation sites is 1. The molecule has 0 bridgehead atoms. The van der Waals surface area contributed by atoms with Crippen molar-refractivity contribution >= 4 is 10.9 Å². The Balaban J connectivity index is 1.93. The molecule has 3 nitrogen and oxygen atoms in total. The van der Waals surface area contributed by atoms with Crippen molar-refractivity contribution in [2.75, 3.05) is 19.6 Å². The van der Waals surface area contributed by atoms with E-state index in [0.29, 0.717) is 0 Å². The molecule has 1 fully saturated rings. The molecule has 3 heteroatoms. The average molecular weight is 283 g/mol. The van der Waals surface area contributed by atoms with Crippen molar-refractivity contribution in [3.63, 3.8) is 0 Å². The number of pyridine rings is 1. The van der Waals surface area contributed by atoms with E-state index in [4.69, 9.17) is 0 Å². The van der Waals surface area contributed by atoms with Gasteiger partial charge in [0.15, 0.2) is 0 Å². The lowest BCUT2D eigenvalue weighted by molar-refractivity contribution is 0.0451. The first-order valence-electron chi connectivity index (χ1n) is 8.07. The highest BCUT2D eigenvalue weighted by Crippen LogP contribution is 2.28. The zero-order valence-corrected chi connectivity index (χ0v) is 13.1. The summed E-state index contributed by atoms with van der Waals surface area (Å²) < 4.78 is 0. The maximum atomic E-state index is 4.60. The lowest BCUT2D eigenvalue weighted by Crippen LogP contribution is -2.60.